The number of hydrogen-bond acceptors (Lipinski definition) is 6. The Morgan fingerprint density at radius 2 is 1.88 bits per heavy atom. The molecule has 0 unspecified atom stereocenters. The monoisotopic (exact) mass is 445 g/mol. The van der Waals surface area contributed by atoms with Crippen LogP contribution in [0.25, 0.3) is 11.4 Å². The number of carbonyl (C=O) groups excluding carboxylic acids is 2. The van der Waals surface area contributed by atoms with E-state index < -0.39 is 5.54 Å². The Kier molecular flexibility index (Phi) is 5.90. The Morgan fingerprint density at radius 1 is 1.09 bits per heavy atom. The largest absolute Gasteiger partial charge is 0.356 e. The van der Waals surface area contributed by atoms with Crippen LogP contribution in [-0.2, 0) is 17.8 Å². The van der Waals surface area contributed by atoms with Crippen LogP contribution in [0.4, 0.5) is 0 Å². The predicted molar refractivity (Wildman–Crippen MR) is 121 cm³/mol. The summed E-state index contributed by atoms with van der Waals surface area (Å²) in [6, 6.07) is 11.4. The van der Waals surface area contributed by atoms with Gasteiger partial charge in [0.25, 0.3) is 5.91 Å². The molecule has 2 aliphatic rings. The van der Waals surface area contributed by atoms with E-state index in [2.05, 4.69) is 20.4 Å². The fourth-order valence-corrected chi connectivity index (χ4v) is 5.03. The molecule has 1 saturated carbocycles. The maximum absolute atomic E-state index is 13.2. The van der Waals surface area contributed by atoms with E-state index in [0.29, 0.717) is 37.6 Å². The highest BCUT2D eigenvalue weighted by atomic mass is 16.5. The summed E-state index contributed by atoms with van der Waals surface area (Å²) in [5.74, 6) is 0.982. The number of carbonyl (C=O) groups is 2. The molecule has 170 valence electrons. The zero-order valence-corrected chi connectivity index (χ0v) is 18.5. The van der Waals surface area contributed by atoms with Crippen molar-refractivity contribution in [2.45, 2.75) is 57.0 Å². The van der Waals surface area contributed by atoms with Crippen LogP contribution in [0.3, 0.4) is 0 Å². The molecule has 0 saturated heterocycles. The molecule has 1 aromatic carbocycles. The molecule has 0 radical (unpaired) electrons. The zero-order valence-electron chi connectivity index (χ0n) is 18.5. The minimum absolute atomic E-state index is 0.0467. The number of nitrogens with zero attached hydrogens (tertiary/aromatic N) is 4. The second kappa shape index (κ2) is 9.13. The molecule has 33 heavy (non-hydrogen) atoms. The quantitative estimate of drug-likeness (QED) is 0.597. The van der Waals surface area contributed by atoms with Gasteiger partial charge in [0.05, 0.1) is 5.54 Å². The van der Waals surface area contributed by atoms with E-state index in [1.54, 1.807) is 12.4 Å². The lowest BCUT2D eigenvalue weighted by Gasteiger charge is -2.44. The Labute approximate surface area is 192 Å². The number of rotatable bonds is 7. The highest BCUT2D eigenvalue weighted by Crippen LogP contribution is 2.41. The van der Waals surface area contributed by atoms with E-state index in [9.17, 15) is 9.59 Å². The normalized spacial score (nSPS) is 17.1. The van der Waals surface area contributed by atoms with E-state index in [-0.39, 0.29) is 11.8 Å². The molecule has 0 bridgehead atoms. The lowest BCUT2D eigenvalue weighted by atomic mass is 9.77. The molecule has 5 rings (SSSR count). The van der Waals surface area contributed by atoms with Gasteiger partial charge in [-0.05, 0) is 36.6 Å². The first-order valence-corrected chi connectivity index (χ1v) is 11.5. The van der Waals surface area contributed by atoms with Crippen LogP contribution >= 0.6 is 0 Å². The molecule has 0 spiro atoms. The SMILES string of the molecule is O=C(CC1(N2Cc3ccccc3C2=O)CCCCC1)NCCc1nc(-c2ccncc2)no1. The van der Waals surface area contributed by atoms with Gasteiger partial charge in [-0.2, -0.15) is 4.98 Å². The Bertz CT molecular complexity index is 1140. The molecular formula is C25H27N5O3. The lowest BCUT2D eigenvalue weighted by molar-refractivity contribution is -0.124. The summed E-state index contributed by atoms with van der Waals surface area (Å²) in [6.45, 7) is 0.989. The van der Waals surface area contributed by atoms with Gasteiger partial charge < -0.3 is 14.7 Å². The number of nitrogens with one attached hydrogen (secondary N) is 1. The topological polar surface area (TPSA) is 101 Å². The van der Waals surface area contributed by atoms with Crippen LogP contribution in [0.1, 0.15) is 60.3 Å². The smallest absolute Gasteiger partial charge is 0.254 e. The van der Waals surface area contributed by atoms with E-state index in [0.717, 1.165) is 48.8 Å². The zero-order chi connectivity index (χ0) is 22.7. The standard InChI is InChI=1S/C25H27N5O3/c31-21(27-15-10-22-28-23(29-33-22)18-8-13-26-14-9-18)16-25(11-4-1-5-12-25)30-17-19-6-2-3-7-20(19)24(30)32/h2-3,6-9,13-14H,1,4-5,10-12,15-17H2,(H,27,31). The van der Waals surface area contributed by atoms with Gasteiger partial charge in [0, 0.05) is 49.5 Å². The number of pyridine rings is 1. The highest BCUT2D eigenvalue weighted by Gasteiger charge is 2.45. The van der Waals surface area contributed by atoms with Crippen molar-refractivity contribution in [2.24, 2.45) is 0 Å². The van der Waals surface area contributed by atoms with Crippen molar-refractivity contribution >= 4 is 11.8 Å². The minimum Gasteiger partial charge on any atom is -0.356 e. The van der Waals surface area contributed by atoms with Crippen molar-refractivity contribution < 1.29 is 14.1 Å². The van der Waals surface area contributed by atoms with Crippen LogP contribution in [0.5, 0.6) is 0 Å². The van der Waals surface area contributed by atoms with Gasteiger partial charge in [-0.3, -0.25) is 14.6 Å². The number of benzene rings is 1. The third kappa shape index (κ3) is 4.37. The third-order valence-corrected chi connectivity index (χ3v) is 6.74. The maximum atomic E-state index is 13.2. The summed E-state index contributed by atoms with van der Waals surface area (Å²) >= 11 is 0. The second-order valence-corrected chi connectivity index (χ2v) is 8.86. The van der Waals surface area contributed by atoms with Crippen molar-refractivity contribution in [1.29, 1.82) is 0 Å². The molecule has 2 aromatic heterocycles. The number of hydrogen-bond donors (Lipinski definition) is 1. The molecular weight excluding hydrogens is 418 g/mol. The summed E-state index contributed by atoms with van der Waals surface area (Å²) in [4.78, 5) is 36.4. The number of fused-ring (bicyclic) bond motifs is 1. The number of amides is 2. The molecule has 1 aliphatic carbocycles. The molecule has 2 amide bonds. The molecule has 3 heterocycles. The van der Waals surface area contributed by atoms with Crippen LogP contribution in [0.15, 0.2) is 53.3 Å². The molecule has 8 heteroatoms. The first-order valence-electron chi connectivity index (χ1n) is 11.5. The molecule has 1 N–H and O–H groups in total. The van der Waals surface area contributed by atoms with Crippen LogP contribution < -0.4 is 5.32 Å². The van der Waals surface area contributed by atoms with Crippen LogP contribution in [-0.4, -0.2) is 43.9 Å². The Hall–Kier alpha value is -3.55. The molecule has 0 atom stereocenters. The summed E-state index contributed by atoms with van der Waals surface area (Å²) in [5.41, 5.74) is 2.23. The minimum atomic E-state index is -0.419. The highest BCUT2D eigenvalue weighted by molar-refractivity contribution is 5.99. The van der Waals surface area contributed by atoms with Gasteiger partial charge in [0.1, 0.15) is 0 Å². The molecule has 8 nitrogen and oxygen atoms in total. The van der Waals surface area contributed by atoms with Gasteiger partial charge in [-0.1, -0.05) is 42.6 Å². The van der Waals surface area contributed by atoms with Crippen molar-refractivity contribution in [2.75, 3.05) is 6.54 Å². The lowest BCUT2D eigenvalue weighted by Crippen LogP contribution is -2.52. The molecule has 3 aromatic rings. The Balaban J connectivity index is 1.21. The van der Waals surface area contributed by atoms with Crippen molar-refractivity contribution in [1.82, 2.24) is 25.3 Å². The Morgan fingerprint density at radius 3 is 2.67 bits per heavy atom. The average Bonchev–Trinajstić information content (AvgIpc) is 3.46. The third-order valence-electron chi connectivity index (χ3n) is 6.74. The first-order chi connectivity index (χ1) is 16.1. The summed E-state index contributed by atoms with van der Waals surface area (Å²) < 4.78 is 5.32. The molecule has 1 fully saturated rings. The van der Waals surface area contributed by atoms with Crippen molar-refractivity contribution in [3.05, 3.63) is 65.8 Å². The predicted octanol–water partition coefficient (Wildman–Crippen LogP) is 3.54. The van der Waals surface area contributed by atoms with E-state index in [4.69, 9.17) is 4.52 Å². The van der Waals surface area contributed by atoms with Crippen LogP contribution in [0.2, 0.25) is 0 Å². The van der Waals surface area contributed by atoms with E-state index >= 15 is 0 Å². The number of aromatic nitrogens is 3. The van der Waals surface area contributed by atoms with Gasteiger partial charge >= 0.3 is 0 Å². The fourth-order valence-electron chi connectivity index (χ4n) is 5.03. The van der Waals surface area contributed by atoms with E-state index in [1.165, 1.54) is 0 Å². The second-order valence-electron chi connectivity index (χ2n) is 8.86. The maximum Gasteiger partial charge on any atom is 0.254 e. The summed E-state index contributed by atoms with van der Waals surface area (Å²) in [6.07, 6.45) is 9.06. The summed E-state index contributed by atoms with van der Waals surface area (Å²) in [5, 5.41) is 7.00. The molecule has 1 aliphatic heterocycles. The van der Waals surface area contributed by atoms with Gasteiger partial charge in [0.15, 0.2) is 0 Å². The van der Waals surface area contributed by atoms with Crippen molar-refractivity contribution in [3.8, 4) is 11.4 Å². The van der Waals surface area contributed by atoms with Gasteiger partial charge in [-0.25, -0.2) is 0 Å². The first kappa shape index (κ1) is 21.3. The van der Waals surface area contributed by atoms with Crippen LogP contribution in [0, 0.1) is 0 Å². The van der Waals surface area contributed by atoms with Crippen molar-refractivity contribution in [3.63, 3.8) is 0 Å². The van der Waals surface area contributed by atoms with E-state index in [1.807, 2.05) is 41.3 Å². The average molecular weight is 446 g/mol. The van der Waals surface area contributed by atoms with Gasteiger partial charge in [0.2, 0.25) is 17.6 Å². The summed E-state index contributed by atoms with van der Waals surface area (Å²) in [7, 11) is 0. The van der Waals surface area contributed by atoms with Gasteiger partial charge in [-0.15, -0.1) is 0 Å². The fraction of sp³-hybridized carbons (Fsp3) is 0.400.